The van der Waals surface area contributed by atoms with E-state index in [1.54, 1.807) is 35.3 Å². The lowest BCUT2D eigenvalue weighted by atomic mass is 10.0. The van der Waals surface area contributed by atoms with Crippen LogP contribution in [-0.2, 0) is 4.74 Å². The first-order valence-corrected chi connectivity index (χ1v) is 9.98. The van der Waals surface area contributed by atoms with Crippen LogP contribution in [0.5, 0.6) is 0 Å². The molecule has 1 heterocycles. The quantitative estimate of drug-likeness (QED) is 0.448. The molecule has 0 atom stereocenters. The normalized spacial score (nSPS) is 18.7. The Labute approximate surface area is 180 Å². The van der Waals surface area contributed by atoms with Crippen molar-refractivity contribution in [2.75, 3.05) is 38.7 Å². The molecule has 0 saturated carbocycles. The number of amides is 1. The topological polar surface area (TPSA) is 91.1 Å². The highest BCUT2D eigenvalue weighted by Crippen LogP contribution is 2.32. The SMILES string of the molecule is C=C1C=CC=C(OC(=O)N2CCN(C)CC2)/C1=[N+](\[O-])c1cc2ccccc2cc1NO. The number of allylic oxidation sites excluding steroid dienone is 4. The van der Waals surface area contributed by atoms with E-state index in [1.165, 1.54) is 0 Å². The molecule has 1 fully saturated rings. The third-order valence-electron chi connectivity index (χ3n) is 5.45. The standard InChI is InChI=1S/C23H24N4O4/c1-16-6-5-9-21(31-23(28)26-12-10-25(2)11-13-26)22(16)27(30)20-15-18-8-4-3-7-17(18)14-19(20)24-29/h3-9,14-15,24,29H,1,10-13H2,2H3/b27-22-. The van der Waals surface area contributed by atoms with Crippen LogP contribution in [0.15, 0.2) is 72.5 Å². The number of nitrogens with one attached hydrogen (secondary N) is 1. The van der Waals surface area contributed by atoms with Gasteiger partial charge in [-0.1, -0.05) is 36.9 Å². The number of likely N-dealkylation sites (N-methyl/N-ethyl adjacent to an activating group) is 1. The molecule has 8 heteroatoms. The van der Waals surface area contributed by atoms with Gasteiger partial charge in [-0.2, -0.15) is 4.74 Å². The van der Waals surface area contributed by atoms with Crippen LogP contribution in [0.3, 0.4) is 0 Å². The molecule has 1 amide bonds. The van der Waals surface area contributed by atoms with E-state index in [0.717, 1.165) is 23.9 Å². The predicted octanol–water partition coefficient (Wildman–Crippen LogP) is 3.62. The molecular weight excluding hydrogens is 396 g/mol. The molecule has 31 heavy (non-hydrogen) atoms. The Balaban J connectivity index is 1.71. The zero-order valence-corrected chi connectivity index (χ0v) is 17.2. The second kappa shape index (κ2) is 8.63. The van der Waals surface area contributed by atoms with Crippen molar-refractivity contribution in [3.05, 3.63) is 77.7 Å². The number of carbonyl (C=O) groups is 1. The van der Waals surface area contributed by atoms with Gasteiger partial charge < -0.3 is 19.7 Å². The van der Waals surface area contributed by atoms with E-state index in [1.807, 2.05) is 31.3 Å². The molecule has 0 aromatic heterocycles. The van der Waals surface area contributed by atoms with Crippen molar-refractivity contribution in [1.29, 1.82) is 0 Å². The van der Waals surface area contributed by atoms with E-state index >= 15 is 0 Å². The number of nitrogens with zero attached hydrogens (tertiary/aromatic N) is 3. The van der Waals surface area contributed by atoms with Crippen LogP contribution < -0.4 is 5.48 Å². The predicted molar refractivity (Wildman–Crippen MR) is 120 cm³/mol. The maximum Gasteiger partial charge on any atom is 0.415 e. The Bertz CT molecular complexity index is 1130. The fourth-order valence-electron chi connectivity index (χ4n) is 3.63. The summed E-state index contributed by atoms with van der Waals surface area (Å²) in [6.07, 6.45) is 4.40. The maximum absolute atomic E-state index is 13.4. The van der Waals surface area contributed by atoms with E-state index in [0.29, 0.717) is 23.4 Å². The molecule has 4 rings (SSSR count). The summed E-state index contributed by atoms with van der Waals surface area (Å²) in [4.78, 5) is 16.4. The number of anilines is 1. The monoisotopic (exact) mass is 420 g/mol. The number of piperazine rings is 1. The molecule has 2 aromatic rings. The largest absolute Gasteiger partial charge is 0.618 e. The third-order valence-corrected chi connectivity index (χ3v) is 5.45. The number of hydrogen-bond acceptors (Lipinski definition) is 6. The van der Waals surface area contributed by atoms with Gasteiger partial charge in [-0.05, 0) is 36.0 Å². The number of ether oxygens (including phenoxy) is 1. The summed E-state index contributed by atoms with van der Waals surface area (Å²) in [7, 11) is 2.00. The molecule has 2 aliphatic rings. The van der Waals surface area contributed by atoms with Crippen molar-refractivity contribution in [2.45, 2.75) is 0 Å². The molecule has 1 saturated heterocycles. The number of hydrogen-bond donors (Lipinski definition) is 2. The average molecular weight is 420 g/mol. The van der Waals surface area contributed by atoms with Crippen molar-refractivity contribution >= 4 is 34.0 Å². The Morgan fingerprint density at radius 3 is 2.55 bits per heavy atom. The summed E-state index contributed by atoms with van der Waals surface area (Å²) in [5.74, 6) is 0.114. The van der Waals surface area contributed by atoms with Crippen LogP contribution >= 0.6 is 0 Å². The Morgan fingerprint density at radius 2 is 1.87 bits per heavy atom. The van der Waals surface area contributed by atoms with Gasteiger partial charge in [-0.15, -0.1) is 0 Å². The van der Waals surface area contributed by atoms with Gasteiger partial charge in [0.25, 0.3) is 5.71 Å². The summed E-state index contributed by atoms with van der Waals surface area (Å²) in [6, 6.07) is 10.8. The van der Waals surface area contributed by atoms with Crippen molar-refractivity contribution in [2.24, 2.45) is 0 Å². The van der Waals surface area contributed by atoms with E-state index in [4.69, 9.17) is 4.74 Å². The van der Waals surface area contributed by atoms with Gasteiger partial charge in [0.1, 0.15) is 5.69 Å². The molecule has 0 unspecified atom stereocenters. The lowest BCUT2D eigenvalue weighted by Gasteiger charge is -2.31. The number of benzene rings is 2. The van der Waals surface area contributed by atoms with E-state index < -0.39 is 6.09 Å². The van der Waals surface area contributed by atoms with Crippen molar-refractivity contribution in [1.82, 2.24) is 9.80 Å². The van der Waals surface area contributed by atoms with Gasteiger partial charge in [0.2, 0.25) is 11.4 Å². The summed E-state index contributed by atoms with van der Waals surface area (Å²) in [5.41, 5.74) is 3.00. The van der Waals surface area contributed by atoms with Gasteiger partial charge in [-0.3, -0.25) is 10.7 Å². The van der Waals surface area contributed by atoms with Crippen LogP contribution in [-0.4, -0.2) is 64.8 Å². The van der Waals surface area contributed by atoms with E-state index in [2.05, 4.69) is 17.0 Å². The Kier molecular flexibility index (Phi) is 5.75. The van der Waals surface area contributed by atoms with Crippen LogP contribution in [0.4, 0.5) is 16.2 Å². The van der Waals surface area contributed by atoms with Crippen LogP contribution in [0.1, 0.15) is 0 Å². The molecule has 2 N–H and O–H groups in total. The van der Waals surface area contributed by atoms with Gasteiger partial charge in [0.15, 0.2) is 0 Å². The zero-order chi connectivity index (χ0) is 22.0. The highest BCUT2D eigenvalue weighted by atomic mass is 16.6. The Hall–Kier alpha value is -3.62. The summed E-state index contributed by atoms with van der Waals surface area (Å²) < 4.78 is 6.23. The van der Waals surface area contributed by atoms with Crippen LogP contribution in [0, 0.1) is 5.21 Å². The second-order valence-electron chi connectivity index (χ2n) is 7.54. The minimum absolute atomic E-state index is 0.108. The smallest absolute Gasteiger partial charge is 0.415 e. The summed E-state index contributed by atoms with van der Waals surface area (Å²) >= 11 is 0. The van der Waals surface area contributed by atoms with Gasteiger partial charge in [0, 0.05) is 37.8 Å². The first-order chi connectivity index (χ1) is 15.0. The third kappa shape index (κ3) is 4.16. The molecule has 0 radical (unpaired) electrons. The maximum atomic E-state index is 13.4. The lowest BCUT2D eigenvalue weighted by molar-refractivity contribution is -0.359. The highest BCUT2D eigenvalue weighted by molar-refractivity contribution is 6.12. The number of rotatable bonds is 3. The Morgan fingerprint density at radius 1 is 1.19 bits per heavy atom. The fourth-order valence-corrected chi connectivity index (χ4v) is 3.63. The summed E-state index contributed by atoms with van der Waals surface area (Å²) in [5, 5.41) is 24.7. The number of fused-ring (bicyclic) bond motifs is 1. The molecule has 2 aromatic carbocycles. The van der Waals surface area contributed by atoms with E-state index in [9.17, 15) is 15.2 Å². The lowest BCUT2D eigenvalue weighted by Crippen LogP contribution is -2.47. The average Bonchev–Trinajstić information content (AvgIpc) is 2.78. The van der Waals surface area contributed by atoms with Crippen molar-refractivity contribution < 1.29 is 19.5 Å². The summed E-state index contributed by atoms with van der Waals surface area (Å²) in [6.45, 7) is 6.56. The van der Waals surface area contributed by atoms with Gasteiger partial charge in [-0.25, -0.2) is 4.79 Å². The molecule has 0 bridgehead atoms. The minimum atomic E-state index is -0.507. The molecule has 160 valence electrons. The van der Waals surface area contributed by atoms with Gasteiger partial charge >= 0.3 is 6.09 Å². The first kappa shape index (κ1) is 20.6. The zero-order valence-electron chi connectivity index (χ0n) is 17.2. The molecule has 1 aliphatic carbocycles. The van der Waals surface area contributed by atoms with E-state index in [-0.39, 0.29) is 22.8 Å². The van der Waals surface area contributed by atoms with Gasteiger partial charge in [0.05, 0.1) is 0 Å². The van der Waals surface area contributed by atoms with Crippen LogP contribution in [0.25, 0.3) is 10.8 Å². The highest BCUT2D eigenvalue weighted by Gasteiger charge is 2.30. The second-order valence-corrected chi connectivity index (χ2v) is 7.54. The van der Waals surface area contributed by atoms with Crippen molar-refractivity contribution in [3.8, 4) is 0 Å². The van der Waals surface area contributed by atoms with Crippen LogP contribution in [0.2, 0.25) is 0 Å². The fraction of sp³-hybridized carbons (Fsp3) is 0.217. The molecule has 8 nitrogen and oxygen atoms in total. The first-order valence-electron chi connectivity index (χ1n) is 9.98. The van der Waals surface area contributed by atoms with Crippen molar-refractivity contribution in [3.63, 3.8) is 0 Å². The molecule has 1 aliphatic heterocycles. The molecular formula is C23H24N4O4. The number of carbonyl (C=O) groups excluding carboxylic acids is 1. The minimum Gasteiger partial charge on any atom is -0.618 e. The molecule has 0 spiro atoms.